The highest BCUT2D eigenvalue weighted by Crippen LogP contribution is 2.40. The topological polar surface area (TPSA) is 103 Å². The van der Waals surface area contributed by atoms with Crippen LogP contribution < -0.4 is 0 Å². The van der Waals surface area contributed by atoms with Crippen LogP contribution in [0.1, 0.15) is 5.56 Å². The fraction of sp³-hybridized carbons (Fsp3) is 0.118. The van der Waals surface area contributed by atoms with E-state index in [9.17, 15) is 14.9 Å². The predicted octanol–water partition coefficient (Wildman–Crippen LogP) is 3.61. The Labute approximate surface area is 136 Å². The van der Waals surface area contributed by atoms with Crippen molar-refractivity contribution in [3.8, 4) is 11.1 Å². The summed E-state index contributed by atoms with van der Waals surface area (Å²) in [6, 6.07) is 14.0. The molecule has 0 spiro atoms. The molecule has 1 N–H and O–H groups in total. The molecule has 1 aromatic heterocycles. The van der Waals surface area contributed by atoms with Gasteiger partial charge in [0.1, 0.15) is 22.7 Å². The largest absolute Gasteiger partial charge is 0.480 e. The van der Waals surface area contributed by atoms with Gasteiger partial charge in [0.15, 0.2) is 0 Å². The minimum absolute atomic E-state index is 0.0927. The number of rotatable bonds is 6. The van der Waals surface area contributed by atoms with Crippen LogP contribution in [-0.4, -0.2) is 22.6 Å². The molecule has 0 atom stereocenters. The molecule has 2 aromatic carbocycles. The van der Waals surface area contributed by atoms with Gasteiger partial charge in [0.05, 0.1) is 6.61 Å². The smallest absolute Gasteiger partial charge is 0.442 e. The fourth-order valence-corrected chi connectivity index (χ4v) is 2.49. The van der Waals surface area contributed by atoms with Crippen molar-refractivity contribution >= 4 is 22.8 Å². The third kappa shape index (κ3) is 3.11. The molecule has 24 heavy (non-hydrogen) atoms. The lowest BCUT2D eigenvalue weighted by atomic mass is 10.0. The lowest BCUT2D eigenvalue weighted by Gasteiger charge is -2.02. The number of furan rings is 1. The van der Waals surface area contributed by atoms with E-state index in [1.165, 1.54) is 0 Å². The minimum atomic E-state index is -1.06. The molecule has 0 amide bonds. The van der Waals surface area contributed by atoms with Crippen LogP contribution in [0.15, 0.2) is 52.9 Å². The van der Waals surface area contributed by atoms with Gasteiger partial charge in [-0.3, -0.25) is 10.1 Å². The highest BCUT2D eigenvalue weighted by Gasteiger charge is 2.25. The third-order valence-electron chi connectivity index (χ3n) is 3.46. The van der Waals surface area contributed by atoms with E-state index in [1.54, 1.807) is 42.5 Å². The number of hydrogen-bond acceptors (Lipinski definition) is 5. The maximum atomic E-state index is 11.3. The third-order valence-corrected chi connectivity index (χ3v) is 3.46. The zero-order valence-electron chi connectivity index (χ0n) is 12.5. The zero-order valence-corrected chi connectivity index (χ0v) is 12.5. The van der Waals surface area contributed by atoms with Crippen LogP contribution in [0.2, 0.25) is 0 Å². The molecule has 0 aliphatic heterocycles. The van der Waals surface area contributed by atoms with Gasteiger partial charge in [-0.05, 0) is 23.3 Å². The van der Waals surface area contributed by atoms with E-state index in [4.69, 9.17) is 14.3 Å². The summed E-state index contributed by atoms with van der Waals surface area (Å²) < 4.78 is 10.4. The summed E-state index contributed by atoms with van der Waals surface area (Å²) >= 11 is 0. The van der Waals surface area contributed by atoms with E-state index in [2.05, 4.69) is 0 Å². The van der Waals surface area contributed by atoms with Gasteiger partial charge in [0.25, 0.3) is 0 Å². The first-order chi connectivity index (χ1) is 11.6. The second kappa shape index (κ2) is 6.51. The van der Waals surface area contributed by atoms with Gasteiger partial charge in [-0.25, -0.2) is 4.79 Å². The van der Waals surface area contributed by atoms with Gasteiger partial charge in [0, 0.05) is 5.39 Å². The average molecular weight is 327 g/mol. The second-order valence-corrected chi connectivity index (χ2v) is 5.12. The summed E-state index contributed by atoms with van der Waals surface area (Å²) in [6.45, 7) is -0.315. The summed E-state index contributed by atoms with van der Waals surface area (Å²) in [4.78, 5) is 21.3. The lowest BCUT2D eigenvalue weighted by Crippen LogP contribution is -2.06. The van der Waals surface area contributed by atoms with Crippen molar-refractivity contribution in [1.82, 2.24) is 0 Å². The Hall–Kier alpha value is -3.19. The second-order valence-electron chi connectivity index (χ2n) is 5.12. The molecule has 0 bridgehead atoms. The average Bonchev–Trinajstić information content (AvgIpc) is 2.94. The number of benzene rings is 2. The van der Waals surface area contributed by atoms with E-state index in [0.29, 0.717) is 27.7 Å². The van der Waals surface area contributed by atoms with Gasteiger partial charge >= 0.3 is 11.9 Å². The van der Waals surface area contributed by atoms with Crippen LogP contribution in [0.3, 0.4) is 0 Å². The summed E-state index contributed by atoms with van der Waals surface area (Å²) in [5.74, 6) is -1.38. The molecule has 1 heterocycles. The first-order valence-electron chi connectivity index (χ1n) is 7.11. The van der Waals surface area contributed by atoms with Crippen molar-refractivity contribution in [3.63, 3.8) is 0 Å². The summed E-state index contributed by atoms with van der Waals surface area (Å²) in [6.07, 6.45) is 0. The first kappa shape index (κ1) is 15.7. The molecule has 0 radical (unpaired) electrons. The van der Waals surface area contributed by atoms with Crippen LogP contribution in [0.25, 0.3) is 22.1 Å². The van der Waals surface area contributed by atoms with Gasteiger partial charge in [-0.2, -0.15) is 0 Å². The van der Waals surface area contributed by atoms with Crippen LogP contribution in [0, 0.1) is 10.1 Å². The minimum Gasteiger partial charge on any atom is -0.480 e. The number of carbonyl (C=O) groups is 1. The maximum Gasteiger partial charge on any atom is 0.442 e. The molecule has 7 heteroatoms. The van der Waals surface area contributed by atoms with Crippen molar-refractivity contribution < 1.29 is 24.0 Å². The Bertz CT molecular complexity index is 900. The van der Waals surface area contributed by atoms with Crippen molar-refractivity contribution in [2.75, 3.05) is 6.61 Å². The molecule has 0 saturated heterocycles. The molecule has 3 rings (SSSR count). The molecule has 122 valence electrons. The van der Waals surface area contributed by atoms with Crippen LogP contribution >= 0.6 is 0 Å². The van der Waals surface area contributed by atoms with Crippen molar-refractivity contribution in [1.29, 1.82) is 0 Å². The maximum absolute atomic E-state index is 11.3. The Balaban J connectivity index is 2.07. The number of hydrogen-bond donors (Lipinski definition) is 1. The molecule has 0 saturated carbocycles. The van der Waals surface area contributed by atoms with Gasteiger partial charge in [-0.1, -0.05) is 36.4 Å². The summed E-state index contributed by atoms with van der Waals surface area (Å²) in [5, 5.41) is 20.5. The summed E-state index contributed by atoms with van der Waals surface area (Å²) in [5.41, 5.74) is 2.17. The number of fused-ring (bicyclic) bond motifs is 1. The van der Waals surface area contributed by atoms with Crippen LogP contribution in [0.5, 0.6) is 0 Å². The monoisotopic (exact) mass is 327 g/mol. The van der Waals surface area contributed by atoms with Gasteiger partial charge in [0.2, 0.25) is 0 Å². The van der Waals surface area contributed by atoms with E-state index < -0.39 is 17.5 Å². The van der Waals surface area contributed by atoms with Crippen LogP contribution in [0.4, 0.5) is 5.88 Å². The quantitative estimate of drug-likeness (QED) is 0.548. The molecule has 0 fully saturated rings. The molecule has 3 aromatic rings. The van der Waals surface area contributed by atoms with Crippen molar-refractivity contribution in [2.24, 2.45) is 0 Å². The van der Waals surface area contributed by atoms with Gasteiger partial charge in [-0.15, -0.1) is 0 Å². The number of ether oxygens (including phenoxy) is 1. The molecular weight excluding hydrogens is 314 g/mol. The number of carboxylic acid groups (broad SMARTS) is 1. The molecule has 0 unspecified atom stereocenters. The van der Waals surface area contributed by atoms with Crippen molar-refractivity contribution in [3.05, 3.63) is 64.2 Å². The summed E-state index contributed by atoms with van der Waals surface area (Å²) in [7, 11) is 0. The molecule has 7 nitrogen and oxygen atoms in total. The van der Waals surface area contributed by atoms with E-state index >= 15 is 0 Å². The van der Waals surface area contributed by atoms with E-state index in [-0.39, 0.29) is 12.5 Å². The van der Waals surface area contributed by atoms with E-state index in [0.717, 1.165) is 0 Å². The fourth-order valence-electron chi connectivity index (χ4n) is 2.49. The highest BCUT2D eigenvalue weighted by molar-refractivity contribution is 5.98. The van der Waals surface area contributed by atoms with E-state index in [1.807, 2.05) is 6.07 Å². The Kier molecular flexibility index (Phi) is 4.26. The molecular formula is C17H13NO6. The zero-order chi connectivity index (χ0) is 17.1. The normalized spacial score (nSPS) is 10.8. The number of carboxylic acids is 1. The van der Waals surface area contributed by atoms with Gasteiger partial charge < -0.3 is 14.3 Å². The molecule has 0 aliphatic carbocycles. The highest BCUT2D eigenvalue weighted by atomic mass is 16.6. The Morgan fingerprint density at radius 2 is 1.96 bits per heavy atom. The molecule has 0 aliphatic rings. The number of nitrogens with zero attached hydrogens (tertiary/aromatic N) is 1. The Morgan fingerprint density at radius 1 is 1.21 bits per heavy atom. The lowest BCUT2D eigenvalue weighted by molar-refractivity contribution is -0.400. The predicted molar refractivity (Wildman–Crippen MR) is 85.6 cm³/mol. The van der Waals surface area contributed by atoms with Crippen LogP contribution in [-0.2, 0) is 16.1 Å². The standard InChI is InChI=1S/C17H13NO6/c19-15(20)10-23-9-11-6-7-14-13(8-11)16(17(24-14)18(21)22)12-4-2-1-3-5-12/h1-8H,9-10H2,(H,19,20). The SMILES string of the molecule is O=C(O)COCc1ccc2oc([N+](=O)[O-])c(-c3ccccc3)c2c1. The number of aliphatic carboxylic acids is 1. The number of nitro groups is 1. The first-order valence-corrected chi connectivity index (χ1v) is 7.11. The van der Waals surface area contributed by atoms with Crippen molar-refractivity contribution in [2.45, 2.75) is 6.61 Å². The Morgan fingerprint density at radius 3 is 2.62 bits per heavy atom.